The molecular weight excluding hydrogens is 898 g/mol. The highest BCUT2D eigenvalue weighted by Gasteiger charge is 2.54. The van der Waals surface area contributed by atoms with Gasteiger partial charge in [0.1, 0.15) is 43.2 Å². The van der Waals surface area contributed by atoms with Crippen molar-refractivity contribution in [3.8, 4) is 0 Å². The number of aliphatic hydroxyl groups is 5. The Kier molecular flexibility index (Phi) is 35.1. The van der Waals surface area contributed by atoms with Crippen LogP contribution in [0.25, 0.3) is 0 Å². The van der Waals surface area contributed by atoms with Gasteiger partial charge in [0.05, 0.1) is 12.7 Å². The van der Waals surface area contributed by atoms with Crippen molar-refractivity contribution in [1.82, 2.24) is 0 Å². The van der Waals surface area contributed by atoms with Crippen LogP contribution in [-0.2, 0) is 41.8 Å². The maximum absolute atomic E-state index is 13.0. The molecule has 17 nitrogen and oxygen atoms in total. The number of esters is 2. The Balaban J connectivity index is 2.67. The smallest absolute Gasteiger partial charge is 0.462 e. The van der Waals surface area contributed by atoms with Gasteiger partial charge in [-0.1, -0.05) is 139 Å². The Morgan fingerprint density at radius 1 is 0.561 bits per heavy atom. The van der Waals surface area contributed by atoms with Gasteiger partial charge in [0.25, 0.3) is 0 Å². The van der Waals surface area contributed by atoms with E-state index in [4.69, 9.17) is 18.5 Å². The molecule has 0 amide bonds. The number of phosphoric ester groups is 2. The number of hydrogen-bond acceptors (Lipinski definition) is 14. The number of phosphoric acid groups is 2. The van der Waals surface area contributed by atoms with Gasteiger partial charge >= 0.3 is 27.6 Å². The largest absolute Gasteiger partial charge is 0.472 e. The van der Waals surface area contributed by atoms with E-state index in [2.05, 4.69) is 36.6 Å². The molecule has 66 heavy (non-hydrogen) atoms. The van der Waals surface area contributed by atoms with Crippen LogP contribution in [0.5, 0.6) is 0 Å². The first-order valence-corrected chi connectivity index (χ1v) is 27.0. The fourth-order valence-corrected chi connectivity index (χ4v) is 8.40. The number of carbonyl (C=O) groups excluding carboxylic acids is 2. The maximum Gasteiger partial charge on any atom is 0.472 e. The van der Waals surface area contributed by atoms with Crippen molar-refractivity contribution in [3.63, 3.8) is 0 Å². The van der Waals surface area contributed by atoms with Crippen LogP contribution in [0.1, 0.15) is 162 Å². The lowest BCUT2D eigenvalue weighted by Gasteiger charge is -2.43. The lowest BCUT2D eigenvalue weighted by Crippen LogP contribution is -2.64. The average molecular weight is 981 g/mol. The first-order chi connectivity index (χ1) is 31.5. The van der Waals surface area contributed by atoms with Crippen LogP contribution in [0.4, 0.5) is 0 Å². The van der Waals surface area contributed by atoms with Crippen molar-refractivity contribution in [2.75, 3.05) is 13.2 Å². The molecule has 1 saturated carbocycles. The summed E-state index contributed by atoms with van der Waals surface area (Å²) < 4.78 is 49.3. The first kappa shape index (κ1) is 61.7. The summed E-state index contributed by atoms with van der Waals surface area (Å²) in [5, 5.41) is 51.3. The topological polar surface area (TPSA) is 276 Å². The van der Waals surface area contributed by atoms with Crippen molar-refractivity contribution >= 4 is 27.6 Å². The lowest BCUT2D eigenvalue weighted by molar-refractivity contribution is -0.216. The van der Waals surface area contributed by atoms with Crippen LogP contribution >= 0.6 is 15.6 Å². The van der Waals surface area contributed by atoms with Crippen LogP contribution in [0.3, 0.4) is 0 Å². The molecule has 0 radical (unpaired) electrons. The van der Waals surface area contributed by atoms with E-state index >= 15 is 0 Å². The molecule has 0 aromatic carbocycles. The van der Waals surface area contributed by atoms with Crippen LogP contribution in [0.15, 0.2) is 60.8 Å². The monoisotopic (exact) mass is 981 g/mol. The van der Waals surface area contributed by atoms with Gasteiger partial charge in [-0.15, -0.1) is 0 Å². The summed E-state index contributed by atoms with van der Waals surface area (Å²) in [4.78, 5) is 54.3. The molecule has 9 atom stereocenters. The van der Waals surface area contributed by atoms with E-state index in [1.807, 2.05) is 30.4 Å². The third-order valence-electron chi connectivity index (χ3n) is 10.6. The quantitative estimate of drug-likeness (QED) is 0.00951. The summed E-state index contributed by atoms with van der Waals surface area (Å²) in [6.07, 6.45) is 24.9. The van der Waals surface area contributed by atoms with Gasteiger partial charge < -0.3 is 49.7 Å². The predicted octanol–water partition coefficient (Wildman–Crippen LogP) is 8.03. The summed E-state index contributed by atoms with van der Waals surface area (Å²) in [6.45, 7) is 2.94. The molecule has 0 spiro atoms. The summed E-state index contributed by atoms with van der Waals surface area (Å²) in [6, 6.07) is 0. The van der Waals surface area contributed by atoms with Crippen molar-refractivity contribution in [3.05, 3.63) is 60.8 Å². The maximum atomic E-state index is 13.0. The number of rotatable bonds is 39. The molecule has 1 aliphatic rings. The van der Waals surface area contributed by atoms with Crippen molar-refractivity contribution in [1.29, 1.82) is 0 Å². The molecule has 1 rings (SSSR count). The van der Waals surface area contributed by atoms with E-state index in [-0.39, 0.29) is 12.8 Å². The number of carbonyl (C=O) groups is 2. The Morgan fingerprint density at radius 2 is 1.08 bits per heavy atom. The van der Waals surface area contributed by atoms with E-state index in [1.165, 1.54) is 38.5 Å². The molecular formula is C47H82O17P2. The minimum atomic E-state index is -5.38. The van der Waals surface area contributed by atoms with E-state index in [1.54, 1.807) is 12.2 Å². The number of ether oxygens (including phenoxy) is 2. The Bertz CT molecular complexity index is 1530. The van der Waals surface area contributed by atoms with Crippen LogP contribution < -0.4 is 0 Å². The second-order valence-corrected chi connectivity index (χ2v) is 19.3. The molecule has 0 saturated heterocycles. The number of allylic oxidation sites excluding steroid dienone is 8. The molecule has 19 heteroatoms. The Hall–Kier alpha value is -2.34. The van der Waals surface area contributed by atoms with Crippen LogP contribution in [-0.4, -0.2) is 114 Å². The highest BCUT2D eigenvalue weighted by molar-refractivity contribution is 7.47. The molecule has 0 heterocycles. The minimum absolute atomic E-state index is 0.0664. The molecule has 0 aromatic rings. The standard InChI is InChI=1S/C47H82O17P2/c1-3-5-7-9-11-12-13-14-15-16-17-18-22-26-30-34-40(49)60-36-39(37-61-66(58,59)64-47-44(53)42(51)43(52)46(45(47)54)63-65(55,56)57)62-41(50)35-31-27-23-20-19-21-25-29-33-38(48)32-28-24-10-8-6-4-2/h12-13,20-21,23-25,28-29,33,38-39,42-48,51-54H,3-11,14-19,22,26-27,30-32,34-37H2,1-2H3,(H,58,59)(H2,55,56,57)/b13-12-,23-20-,25-21-,28-24-,33-29+/t38-,39+,42?,43?,44?,45?,46+,47-/m0/s1. The highest BCUT2D eigenvalue weighted by atomic mass is 31.2. The predicted molar refractivity (Wildman–Crippen MR) is 252 cm³/mol. The van der Waals surface area contributed by atoms with E-state index in [9.17, 15) is 58.9 Å². The highest BCUT2D eigenvalue weighted by Crippen LogP contribution is 2.49. The van der Waals surface area contributed by atoms with Crippen LogP contribution in [0, 0.1) is 0 Å². The molecule has 1 aliphatic carbocycles. The average Bonchev–Trinajstić information content (AvgIpc) is 3.27. The summed E-state index contributed by atoms with van der Waals surface area (Å²) >= 11 is 0. The fraction of sp³-hybridized carbons (Fsp3) is 0.745. The molecule has 0 aliphatic heterocycles. The number of hydrogen-bond donors (Lipinski definition) is 8. The first-order valence-electron chi connectivity index (χ1n) is 23.9. The summed E-state index contributed by atoms with van der Waals surface area (Å²) in [7, 11) is -10.7. The van der Waals surface area contributed by atoms with Crippen molar-refractivity contribution in [2.24, 2.45) is 0 Å². The third-order valence-corrected chi connectivity index (χ3v) is 12.1. The molecule has 1 fully saturated rings. The zero-order valence-electron chi connectivity index (χ0n) is 39.2. The number of aliphatic hydroxyl groups excluding tert-OH is 5. The molecule has 5 unspecified atom stereocenters. The van der Waals surface area contributed by atoms with Gasteiger partial charge in [-0.05, 0) is 70.6 Å². The van der Waals surface area contributed by atoms with Crippen molar-refractivity contribution < 1.29 is 82.0 Å². The molecule has 0 aromatic heterocycles. The lowest BCUT2D eigenvalue weighted by atomic mass is 9.85. The van der Waals surface area contributed by atoms with Gasteiger partial charge in [0, 0.05) is 12.8 Å². The second kappa shape index (κ2) is 37.5. The number of unbranched alkanes of at least 4 members (excludes halogenated alkanes) is 15. The van der Waals surface area contributed by atoms with Gasteiger partial charge in [0.15, 0.2) is 6.10 Å². The third kappa shape index (κ3) is 31.7. The van der Waals surface area contributed by atoms with E-state index < -0.39 is 89.6 Å². The van der Waals surface area contributed by atoms with Crippen LogP contribution in [0.2, 0.25) is 0 Å². The zero-order chi connectivity index (χ0) is 49.1. The van der Waals surface area contributed by atoms with E-state index in [0.29, 0.717) is 32.1 Å². The van der Waals surface area contributed by atoms with Gasteiger partial charge in [-0.25, -0.2) is 9.13 Å². The molecule has 0 bridgehead atoms. The van der Waals surface area contributed by atoms with Crippen molar-refractivity contribution in [2.45, 2.75) is 210 Å². The van der Waals surface area contributed by atoms with Gasteiger partial charge in [-0.2, -0.15) is 0 Å². The van der Waals surface area contributed by atoms with Gasteiger partial charge in [-0.3, -0.25) is 23.2 Å². The SMILES string of the molecule is CCCCC/C=C\C[C@H](O)/C=C/C=C\C/C=C\CCCC(=O)O[C@H](COC(=O)CCCCCCCCC/C=C\CCCCCC)COP(=O)(O)O[C@H]1C(O)C(O)C(O)[C@@H](OP(=O)(O)O)C1O. The molecule has 8 N–H and O–H groups in total. The Morgan fingerprint density at radius 3 is 1.71 bits per heavy atom. The normalized spacial score (nSPS) is 22.5. The van der Waals surface area contributed by atoms with Gasteiger partial charge in [0.2, 0.25) is 0 Å². The summed E-state index contributed by atoms with van der Waals surface area (Å²) in [5.41, 5.74) is 0. The molecule has 382 valence electrons. The van der Waals surface area contributed by atoms with E-state index in [0.717, 1.165) is 64.2 Å². The zero-order valence-corrected chi connectivity index (χ0v) is 41.0. The summed E-state index contributed by atoms with van der Waals surface area (Å²) in [5.74, 6) is -1.32. The fourth-order valence-electron chi connectivity index (χ4n) is 6.86. The second-order valence-electron chi connectivity index (χ2n) is 16.7. The Labute approximate surface area is 392 Å². The minimum Gasteiger partial charge on any atom is -0.462 e.